The Balaban J connectivity index is 2.23. The minimum atomic E-state index is 0.600. The fraction of sp³-hybridized carbons (Fsp3) is 0.250. The third-order valence-corrected chi connectivity index (χ3v) is 3.06. The summed E-state index contributed by atoms with van der Waals surface area (Å²) in [6.07, 6.45) is 4.51. The fourth-order valence-corrected chi connectivity index (χ4v) is 2.01. The number of hydrogen-bond donors (Lipinski definition) is 2. The van der Waals surface area contributed by atoms with Crippen LogP contribution in [0.2, 0.25) is 0 Å². The van der Waals surface area contributed by atoms with Crippen LogP contribution < -0.4 is 10.6 Å². The molecular weight excluding hydrogens is 248 g/mol. The molecule has 0 amide bonds. The van der Waals surface area contributed by atoms with Crippen molar-refractivity contribution in [3.8, 4) is 0 Å². The maximum absolute atomic E-state index is 4.44. The molecule has 2 rings (SSSR count). The molecule has 0 aliphatic carbocycles. The van der Waals surface area contributed by atoms with Gasteiger partial charge in [0.1, 0.15) is 5.82 Å². The summed E-state index contributed by atoms with van der Waals surface area (Å²) in [4.78, 5) is 8.71. The van der Waals surface area contributed by atoms with Crippen LogP contribution in [0.25, 0.3) is 0 Å². The summed E-state index contributed by atoms with van der Waals surface area (Å²) in [5, 5.41) is 6.48. The van der Waals surface area contributed by atoms with Crippen molar-refractivity contribution in [1.82, 2.24) is 9.97 Å². The Morgan fingerprint density at radius 3 is 2.90 bits per heavy atom. The van der Waals surface area contributed by atoms with Crippen molar-refractivity contribution < 1.29 is 0 Å². The quantitative estimate of drug-likeness (QED) is 0.784. The van der Waals surface area contributed by atoms with Gasteiger partial charge < -0.3 is 10.6 Å². The summed E-state index contributed by atoms with van der Waals surface area (Å²) >= 11 is 0. The van der Waals surface area contributed by atoms with Crippen LogP contribution in [0.3, 0.4) is 0 Å². The van der Waals surface area contributed by atoms with Gasteiger partial charge in [-0.15, -0.1) is 6.58 Å². The lowest BCUT2D eigenvalue weighted by Gasteiger charge is -2.13. The van der Waals surface area contributed by atoms with E-state index in [-0.39, 0.29) is 0 Å². The highest BCUT2D eigenvalue weighted by atomic mass is 15.1. The standard InChI is InChI=1S/C16H20N4/c1-4-10-17-14-9-11-18-16(19-14)20-15-12(3)7-6-8-13(15)5-2/h4,6-9,11H,1,5,10H2,2-3H3,(H2,17,18,19,20). The van der Waals surface area contributed by atoms with E-state index in [0.717, 1.165) is 17.9 Å². The fourth-order valence-electron chi connectivity index (χ4n) is 2.01. The van der Waals surface area contributed by atoms with Gasteiger partial charge in [0, 0.05) is 18.4 Å². The van der Waals surface area contributed by atoms with Crippen molar-refractivity contribution in [3.63, 3.8) is 0 Å². The summed E-state index contributed by atoms with van der Waals surface area (Å²) in [5.74, 6) is 1.39. The highest BCUT2D eigenvalue weighted by molar-refractivity contribution is 5.63. The smallest absolute Gasteiger partial charge is 0.229 e. The van der Waals surface area contributed by atoms with E-state index in [2.05, 4.69) is 59.2 Å². The molecule has 0 aliphatic heterocycles. The Morgan fingerprint density at radius 2 is 2.15 bits per heavy atom. The Hall–Kier alpha value is -2.36. The number of hydrogen-bond acceptors (Lipinski definition) is 4. The second kappa shape index (κ2) is 6.70. The molecule has 0 atom stereocenters. The maximum Gasteiger partial charge on any atom is 0.229 e. The third-order valence-electron chi connectivity index (χ3n) is 3.06. The highest BCUT2D eigenvalue weighted by Crippen LogP contribution is 2.24. The first kappa shape index (κ1) is 14.1. The molecule has 1 heterocycles. The Kier molecular flexibility index (Phi) is 4.71. The van der Waals surface area contributed by atoms with Crippen LogP contribution in [0, 0.1) is 6.92 Å². The van der Waals surface area contributed by atoms with Crippen molar-refractivity contribution in [3.05, 3.63) is 54.2 Å². The predicted molar refractivity (Wildman–Crippen MR) is 84.6 cm³/mol. The van der Waals surface area contributed by atoms with Crippen LogP contribution in [-0.4, -0.2) is 16.5 Å². The van der Waals surface area contributed by atoms with Gasteiger partial charge in [-0.05, 0) is 30.5 Å². The largest absolute Gasteiger partial charge is 0.366 e. The van der Waals surface area contributed by atoms with E-state index in [4.69, 9.17) is 0 Å². The van der Waals surface area contributed by atoms with E-state index in [1.807, 2.05) is 6.07 Å². The van der Waals surface area contributed by atoms with Gasteiger partial charge in [0.05, 0.1) is 0 Å². The molecule has 104 valence electrons. The van der Waals surface area contributed by atoms with Crippen LogP contribution in [0.1, 0.15) is 18.1 Å². The van der Waals surface area contributed by atoms with E-state index < -0.39 is 0 Å². The lowest BCUT2D eigenvalue weighted by Crippen LogP contribution is -2.05. The molecular formula is C16H20N4. The van der Waals surface area contributed by atoms with Crippen LogP contribution in [0.15, 0.2) is 43.1 Å². The first-order valence-corrected chi connectivity index (χ1v) is 6.78. The lowest BCUT2D eigenvalue weighted by atomic mass is 10.1. The molecule has 0 bridgehead atoms. The molecule has 2 N–H and O–H groups in total. The second-order valence-electron chi connectivity index (χ2n) is 4.52. The molecule has 0 radical (unpaired) electrons. The van der Waals surface area contributed by atoms with E-state index in [0.29, 0.717) is 12.5 Å². The van der Waals surface area contributed by atoms with E-state index in [1.54, 1.807) is 12.3 Å². The van der Waals surface area contributed by atoms with Gasteiger partial charge in [0.15, 0.2) is 0 Å². The van der Waals surface area contributed by atoms with Gasteiger partial charge in [-0.3, -0.25) is 0 Å². The van der Waals surface area contributed by atoms with Gasteiger partial charge in [0.2, 0.25) is 5.95 Å². The predicted octanol–water partition coefficient (Wildman–Crippen LogP) is 3.69. The maximum atomic E-state index is 4.44. The first-order valence-electron chi connectivity index (χ1n) is 6.78. The van der Waals surface area contributed by atoms with Crippen LogP contribution in [-0.2, 0) is 6.42 Å². The summed E-state index contributed by atoms with van der Waals surface area (Å²) in [6.45, 7) is 8.59. The Labute approximate surface area is 120 Å². The highest BCUT2D eigenvalue weighted by Gasteiger charge is 2.06. The molecule has 0 saturated carbocycles. The lowest BCUT2D eigenvalue weighted by molar-refractivity contribution is 1.10. The van der Waals surface area contributed by atoms with Crippen LogP contribution in [0.4, 0.5) is 17.5 Å². The van der Waals surface area contributed by atoms with Crippen LogP contribution >= 0.6 is 0 Å². The van der Waals surface area contributed by atoms with Crippen molar-refractivity contribution in [1.29, 1.82) is 0 Å². The van der Waals surface area contributed by atoms with Crippen LogP contribution in [0.5, 0.6) is 0 Å². The summed E-state index contributed by atoms with van der Waals surface area (Å²) in [5.41, 5.74) is 3.55. The number of para-hydroxylation sites is 1. The summed E-state index contributed by atoms with van der Waals surface area (Å²) < 4.78 is 0. The number of anilines is 3. The zero-order chi connectivity index (χ0) is 14.4. The molecule has 2 aromatic rings. The molecule has 1 aromatic heterocycles. The minimum Gasteiger partial charge on any atom is -0.366 e. The Bertz CT molecular complexity index is 593. The average molecular weight is 268 g/mol. The van der Waals surface area contributed by atoms with Gasteiger partial charge in [-0.25, -0.2) is 4.98 Å². The summed E-state index contributed by atoms with van der Waals surface area (Å²) in [6, 6.07) is 8.12. The van der Waals surface area contributed by atoms with Crippen molar-refractivity contribution in [2.24, 2.45) is 0 Å². The van der Waals surface area contributed by atoms with E-state index >= 15 is 0 Å². The number of aromatic nitrogens is 2. The zero-order valence-corrected chi connectivity index (χ0v) is 12.0. The normalized spacial score (nSPS) is 10.1. The monoisotopic (exact) mass is 268 g/mol. The van der Waals surface area contributed by atoms with Crippen molar-refractivity contribution in [2.75, 3.05) is 17.2 Å². The van der Waals surface area contributed by atoms with E-state index in [9.17, 15) is 0 Å². The Morgan fingerprint density at radius 1 is 1.30 bits per heavy atom. The molecule has 0 saturated heterocycles. The zero-order valence-electron chi connectivity index (χ0n) is 12.0. The van der Waals surface area contributed by atoms with Crippen molar-refractivity contribution >= 4 is 17.5 Å². The third kappa shape index (κ3) is 3.35. The summed E-state index contributed by atoms with van der Waals surface area (Å²) in [7, 11) is 0. The van der Waals surface area contributed by atoms with E-state index in [1.165, 1.54) is 11.1 Å². The first-order chi connectivity index (χ1) is 9.74. The van der Waals surface area contributed by atoms with Crippen molar-refractivity contribution in [2.45, 2.75) is 20.3 Å². The number of nitrogens with one attached hydrogen (secondary N) is 2. The molecule has 4 nitrogen and oxygen atoms in total. The molecule has 20 heavy (non-hydrogen) atoms. The molecule has 4 heteroatoms. The molecule has 1 aromatic carbocycles. The molecule has 0 spiro atoms. The number of aryl methyl sites for hydroxylation is 2. The van der Waals surface area contributed by atoms with Gasteiger partial charge in [0.25, 0.3) is 0 Å². The minimum absolute atomic E-state index is 0.600. The molecule has 0 aliphatic rings. The van der Waals surface area contributed by atoms with Gasteiger partial charge in [-0.1, -0.05) is 31.2 Å². The van der Waals surface area contributed by atoms with Gasteiger partial charge >= 0.3 is 0 Å². The molecule has 0 fully saturated rings. The number of nitrogens with zero attached hydrogens (tertiary/aromatic N) is 2. The molecule has 0 unspecified atom stereocenters. The topological polar surface area (TPSA) is 49.8 Å². The van der Waals surface area contributed by atoms with Gasteiger partial charge in [-0.2, -0.15) is 4.98 Å². The number of benzene rings is 1. The average Bonchev–Trinajstić information content (AvgIpc) is 2.47. The number of rotatable bonds is 6. The SMILES string of the molecule is C=CCNc1ccnc(Nc2c(C)cccc2CC)n1. The second-order valence-corrected chi connectivity index (χ2v) is 4.52.